The molecule has 1 aromatic carbocycles. The van der Waals surface area contributed by atoms with Crippen LogP contribution in [-0.2, 0) is 21.5 Å². The predicted octanol–water partition coefficient (Wildman–Crippen LogP) is 3.28. The van der Waals surface area contributed by atoms with Gasteiger partial charge in [0, 0.05) is 46.4 Å². The predicted molar refractivity (Wildman–Crippen MR) is 170 cm³/mol. The van der Waals surface area contributed by atoms with Crippen LogP contribution in [0.1, 0.15) is 50.1 Å². The number of nitrogens with zero attached hydrogens (tertiary/aromatic N) is 5. The molecule has 0 radical (unpaired) electrons. The maximum absolute atomic E-state index is 13.4. The zero-order valence-corrected chi connectivity index (χ0v) is 26.2. The van der Waals surface area contributed by atoms with E-state index in [1.165, 1.54) is 16.0 Å². The summed E-state index contributed by atoms with van der Waals surface area (Å²) in [6.45, 7) is 8.46. The number of thiophene rings is 1. The van der Waals surface area contributed by atoms with Crippen molar-refractivity contribution in [2.45, 2.75) is 57.7 Å². The lowest BCUT2D eigenvalue weighted by Crippen LogP contribution is -2.47. The highest BCUT2D eigenvalue weighted by atomic mass is 32.1. The lowest BCUT2D eigenvalue weighted by molar-refractivity contribution is -0.123. The molecule has 4 aromatic rings. The number of carbonyl (C=O) groups is 2. The monoisotopic (exact) mass is 630 g/mol. The number of nitrogens with one attached hydrogen (secondary N) is 1. The Labute approximate surface area is 263 Å². The Morgan fingerprint density at radius 2 is 2.00 bits per heavy atom. The minimum absolute atomic E-state index is 0.0467. The number of pyridine rings is 1. The van der Waals surface area contributed by atoms with E-state index in [0.717, 1.165) is 26.2 Å². The van der Waals surface area contributed by atoms with Gasteiger partial charge in [0.25, 0.3) is 17.9 Å². The van der Waals surface area contributed by atoms with Gasteiger partial charge >= 0.3 is 0 Å². The molecule has 12 nitrogen and oxygen atoms in total. The van der Waals surface area contributed by atoms with Crippen LogP contribution in [-0.4, -0.2) is 68.7 Å². The molecule has 0 saturated carbocycles. The van der Waals surface area contributed by atoms with E-state index >= 15 is 0 Å². The molecule has 5 heterocycles. The van der Waals surface area contributed by atoms with Crippen molar-refractivity contribution < 1.29 is 24.5 Å². The fourth-order valence-electron chi connectivity index (χ4n) is 5.68. The molecule has 1 amide bonds. The SMILES string of the molecule is CC(C)(C)c1cnn(Cc2cc3nccc(-c4cc(C#N)cc5c4N([C@@H]4CN[C@@](C)(CO)C4)C(=O)CO5)c3s2)c(=O)c1.O=CO. The maximum Gasteiger partial charge on any atom is 0.290 e. The average Bonchev–Trinajstić information content (AvgIpc) is 3.61. The molecular weight excluding hydrogens is 596 g/mol. The zero-order chi connectivity index (χ0) is 32.5. The highest BCUT2D eigenvalue weighted by molar-refractivity contribution is 7.19. The van der Waals surface area contributed by atoms with Gasteiger partial charge in [0.2, 0.25) is 0 Å². The fourth-order valence-corrected chi connectivity index (χ4v) is 6.80. The Hall–Kier alpha value is -4.64. The normalized spacial score (nSPS) is 19.3. The first-order chi connectivity index (χ1) is 21.4. The number of aliphatic hydroxyl groups is 1. The lowest BCUT2D eigenvalue weighted by atomic mass is 9.89. The standard InChI is InChI=1S/C31H32N6O4S.CH2O2/c1-30(2,3)19-9-26(39)36(35-13-19)15-21-10-24-29(42-21)22(5-6-33-24)23-7-18(12-32)8-25-28(23)37(27(40)16-41-25)20-11-31(4,17-38)34-14-20;2-1-3/h5-10,13,20,34,38H,11,14-17H2,1-4H3;1H,(H,2,3)/t20-,31+;/m0./s1. The zero-order valence-electron chi connectivity index (χ0n) is 25.4. The van der Waals surface area contributed by atoms with Crippen LogP contribution < -0.4 is 20.5 Å². The Bertz CT molecular complexity index is 1870. The van der Waals surface area contributed by atoms with Gasteiger partial charge in [0.1, 0.15) is 5.75 Å². The molecule has 6 rings (SSSR count). The third-order valence-corrected chi connectivity index (χ3v) is 9.17. The van der Waals surface area contributed by atoms with E-state index in [1.54, 1.807) is 35.5 Å². The number of aliphatic hydroxyl groups excluding tert-OH is 1. The first-order valence-electron chi connectivity index (χ1n) is 14.3. The van der Waals surface area contributed by atoms with Crippen LogP contribution in [0, 0.1) is 11.3 Å². The Kier molecular flexibility index (Phi) is 8.75. The van der Waals surface area contributed by atoms with E-state index in [4.69, 9.17) is 14.6 Å². The molecule has 234 valence electrons. The second-order valence-electron chi connectivity index (χ2n) is 12.4. The average molecular weight is 631 g/mol. The van der Waals surface area contributed by atoms with Crippen molar-refractivity contribution in [2.24, 2.45) is 0 Å². The molecule has 1 fully saturated rings. The fraction of sp³-hybridized carbons (Fsp3) is 0.375. The Morgan fingerprint density at radius 1 is 1.24 bits per heavy atom. The number of hydrogen-bond acceptors (Lipinski definition) is 10. The summed E-state index contributed by atoms with van der Waals surface area (Å²) in [6, 6.07) is 10.9. The molecule has 13 heteroatoms. The molecule has 0 bridgehead atoms. The van der Waals surface area contributed by atoms with E-state index in [-0.39, 0.29) is 42.6 Å². The van der Waals surface area contributed by atoms with Crippen LogP contribution in [0.2, 0.25) is 0 Å². The molecule has 1 saturated heterocycles. The highest BCUT2D eigenvalue weighted by Gasteiger charge is 2.42. The van der Waals surface area contributed by atoms with Crippen molar-refractivity contribution in [3.05, 3.63) is 69.1 Å². The van der Waals surface area contributed by atoms with Crippen molar-refractivity contribution in [1.29, 1.82) is 5.26 Å². The molecule has 2 aliphatic rings. The first-order valence-corrected chi connectivity index (χ1v) is 15.1. The smallest absolute Gasteiger partial charge is 0.290 e. The van der Waals surface area contributed by atoms with E-state index in [9.17, 15) is 20.0 Å². The molecular formula is C32H34N6O6S. The van der Waals surface area contributed by atoms with Crippen molar-refractivity contribution in [1.82, 2.24) is 20.1 Å². The summed E-state index contributed by atoms with van der Waals surface area (Å²) in [5, 5.41) is 34.5. The second kappa shape index (κ2) is 12.4. The molecule has 0 aliphatic carbocycles. The number of rotatable bonds is 5. The van der Waals surface area contributed by atoms with Crippen LogP contribution in [0.15, 0.2) is 47.5 Å². The molecule has 0 unspecified atom stereocenters. The van der Waals surface area contributed by atoms with Crippen molar-refractivity contribution in [3.8, 4) is 22.9 Å². The van der Waals surface area contributed by atoms with Gasteiger partial charge in [0.15, 0.2) is 6.61 Å². The number of aromatic nitrogens is 3. The Morgan fingerprint density at radius 3 is 2.64 bits per heavy atom. The van der Waals surface area contributed by atoms with Gasteiger partial charge in [0.05, 0.1) is 52.9 Å². The van der Waals surface area contributed by atoms with Crippen LogP contribution in [0.4, 0.5) is 5.69 Å². The summed E-state index contributed by atoms with van der Waals surface area (Å²) in [5.41, 5.74) is 3.31. The molecule has 3 aromatic heterocycles. The molecule has 2 aliphatic heterocycles. The van der Waals surface area contributed by atoms with Crippen LogP contribution in [0.25, 0.3) is 21.3 Å². The molecule has 2 atom stereocenters. The minimum atomic E-state index is -0.500. The summed E-state index contributed by atoms with van der Waals surface area (Å²) in [6.07, 6.45) is 4.01. The number of ether oxygens (including phenoxy) is 1. The van der Waals surface area contributed by atoms with Crippen molar-refractivity contribution in [3.63, 3.8) is 0 Å². The number of nitriles is 1. The number of carbonyl (C=O) groups excluding carboxylic acids is 1. The number of carboxylic acid groups (broad SMARTS) is 1. The van der Waals surface area contributed by atoms with Gasteiger partial charge in [-0.25, -0.2) is 4.68 Å². The van der Waals surface area contributed by atoms with Gasteiger partial charge in [-0.05, 0) is 42.5 Å². The summed E-state index contributed by atoms with van der Waals surface area (Å²) < 4.78 is 8.19. The lowest BCUT2D eigenvalue weighted by Gasteiger charge is -2.36. The summed E-state index contributed by atoms with van der Waals surface area (Å²) >= 11 is 1.50. The number of hydrogen-bond donors (Lipinski definition) is 3. The van der Waals surface area contributed by atoms with E-state index in [2.05, 4.69) is 21.5 Å². The summed E-state index contributed by atoms with van der Waals surface area (Å²) in [5.74, 6) is 0.293. The van der Waals surface area contributed by atoms with E-state index in [0.29, 0.717) is 42.1 Å². The van der Waals surface area contributed by atoms with Gasteiger partial charge in [-0.3, -0.25) is 19.4 Å². The van der Waals surface area contributed by atoms with Gasteiger partial charge in [-0.15, -0.1) is 11.3 Å². The molecule has 3 N–H and O–H groups in total. The maximum atomic E-state index is 13.4. The van der Waals surface area contributed by atoms with E-state index in [1.807, 2.05) is 39.8 Å². The van der Waals surface area contributed by atoms with Crippen LogP contribution in [0.3, 0.4) is 0 Å². The molecule has 45 heavy (non-hydrogen) atoms. The number of amides is 1. The largest absolute Gasteiger partial charge is 0.483 e. The number of benzene rings is 1. The van der Waals surface area contributed by atoms with Gasteiger partial charge in [-0.1, -0.05) is 20.8 Å². The highest BCUT2D eigenvalue weighted by Crippen LogP contribution is 2.47. The molecule has 0 spiro atoms. The van der Waals surface area contributed by atoms with Crippen molar-refractivity contribution >= 4 is 39.6 Å². The Balaban J connectivity index is 0.00000128. The minimum Gasteiger partial charge on any atom is -0.483 e. The van der Waals surface area contributed by atoms with Crippen LogP contribution >= 0.6 is 11.3 Å². The van der Waals surface area contributed by atoms with Gasteiger partial charge < -0.3 is 25.2 Å². The summed E-state index contributed by atoms with van der Waals surface area (Å²) in [4.78, 5) is 41.9. The first kappa shape index (κ1) is 31.8. The van der Waals surface area contributed by atoms with Crippen molar-refractivity contribution in [2.75, 3.05) is 24.7 Å². The van der Waals surface area contributed by atoms with Gasteiger partial charge in [-0.2, -0.15) is 10.4 Å². The summed E-state index contributed by atoms with van der Waals surface area (Å²) in [7, 11) is 0. The second-order valence-corrected chi connectivity index (χ2v) is 13.5. The third-order valence-electron chi connectivity index (χ3n) is 8.02. The topological polar surface area (TPSA) is 171 Å². The number of anilines is 1. The van der Waals surface area contributed by atoms with E-state index < -0.39 is 5.54 Å². The number of fused-ring (bicyclic) bond motifs is 2. The quantitative estimate of drug-likeness (QED) is 0.278. The van der Waals surface area contributed by atoms with Crippen LogP contribution in [0.5, 0.6) is 5.75 Å². The third kappa shape index (κ3) is 6.30.